The van der Waals surface area contributed by atoms with Crippen LogP contribution in [-0.2, 0) is 14.2 Å². The summed E-state index contributed by atoms with van der Waals surface area (Å²) in [6, 6.07) is 16.2. The van der Waals surface area contributed by atoms with Gasteiger partial charge in [-0.05, 0) is 24.6 Å². The first-order chi connectivity index (χ1) is 13.7. The molecule has 2 aliphatic rings. The van der Waals surface area contributed by atoms with E-state index in [1.807, 2.05) is 61.5 Å². The molecule has 2 unspecified atom stereocenters. The van der Waals surface area contributed by atoms with Gasteiger partial charge in [-0.2, -0.15) is 0 Å². The van der Waals surface area contributed by atoms with Crippen molar-refractivity contribution in [1.82, 2.24) is 0 Å². The predicted molar refractivity (Wildman–Crippen MR) is 104 cm³/mol. The van der Waals surface area contributed by atoms with E-state index < -0.39 is 36.1 Å². The van der Waals surface area contributed by atoms with Gasteiger partial charge in [-0.15, -0.1) is 0 Å². The Labute approximate surface area is 166 Å². The fourth-order valence-electron chi connectivity index (χ4n) is 3.35. The van der Waals surface area contributed by atoms with Gasteiger partial charge in [-0.1, -0.05) is 64.9 Å². The molecular formula is C20H20FN3O3S. The second kappa shape index (κ2) is 8.51. The van der Waals surface area contributed by atoms with Crippen molar-refractivity contribution in [3.05, 3.63) is 76.2 Å². The van der Waals surface area contributed by atoms with E-state index >= 15 is 4.39 Å². The van der Waals surface area contributed by atoms with Gasteiger partial charge in [0.05, 0.1) is 6.61 Å². The van der Waals surface area contributed by atoms with Crippen molar-refractivity contribution < 1.29 is 18.6 Å². The van der Waals surface area contributed by atoms with Crippen LogP contribution in [0.15, 0.2) is 64.6 Å². The molecule has 0 N–H and O–H groups in total. The number of azide groups is 1. The topological polar surface area (TPSA) is 76.5 Å². The molecule has 0 bridgehead atoms. The monoisotopic (exact) mass is 401 g/mol. The van der Waals surface area contributed by atoms with E-state index in [0.29, 0.717) is 0 Å². The SMILES string of the molecule is Cc1ccc(S[C@@H]2O[C@@H]3COC(c4ccccc4)O[C@H]3[C@H](F)C2N=[N+]=[N-])cc1. The zero-order valence-electron chi connectivity index (χ0n) is 15.2. The molecule has 0 amide bonds. The Kier molecular flexibility index (Phi) is 5.85. The van der Waals surface area contributed by atoms with Gasteiger partial charge in [0.25, 0.3) is 0 Å². The summed E-state index contributed by atoms with van der Waals surface area (Å²) in [5, 5.41) is 3.69. The first-order valence-electron chi connectivity index (χ1n) is 9.05. The molecule has 2 fully saturated rings. The summed E-state index contributed by atoms with van der Waals surface area (Å²) < 4.78 is 33.0. The molecule has 8 heteroatoms. The number of ether oxygens (including phenoxy) is 3. The van der Waals surface area contributed by atoms with E-state index in [-0.39, 0.29) is 6.61 Å². The van der Waals surface area contributed by atoms with Crippen LogP contribution in [0.1, 0.15) is 17.4 Å². The van der Waals surface area contributed by atoms with Crippen molar-refractivity contribution in [2.45, 2.75) is 48.0 Å². The first-order valence-corrected chi connectivity index (χ1v) is 9.93. The van der Waals surface area contributed by atoms with E-state index in [2.05, 4.69) is 10.0 Å². The lowest BCUT2D eigenvalue weighted by Crippen LogP contribution is -2.58. The molecular weight excluding hydrogens is 381 g/mol. The maximum atomic E-state index is 15.3. The van der Waals surface area contributed by atoms with Crippen LogP contribution in [0.25, 0.3) is 10.4 Å². The summed E-state index contributed by atoms with van der Waals surface area (Å²) in [4.78, 5) is 3.75. The Morgan fingerprint density at radius 1 is 1.11 bits per heavy atom. The summed E-state index contributed by atoms with van der Waals surface area (Å²) in [6.45, 7) is 2.20. The molecule has 0 radical (unpaired) electrons. The maximum absolute atomic E-state index is 15.3. The second-order valence-electron chi connectivity index (χ2n) is 6.79. The molecule has 6 nitrogen and oxygen atoms in total. The lowest BCUT2D eigenvalue weighted by molar-refractivity contribution is -0.297. The van der Waals surface area contributed by atoms with Gasteiger partial charge in [0.15, 0.2) is 6.29 Å². The minimum absolute atomic E-state index is 0.207. The van der Waals surface area contributed by atoms with E-state index in [9.17, 15) is 0 Å². The Bertz CT molecular complexity index is 848. The molecule has 4 rings (SSSR count). The summed E-state index contributed by atoms with van der Waals surface area (Å²) in [5.41, 5.74) is 10.2. The third-order valence-electron chi connectivity index (χ3n) is 4.82. The highest BCUT2D eigenvalue weighted by atomic mass is 32.2. The molecule has 2 aromatic rings. The van der Waals surface area contributed by atoms with Crippen LogP contribution in [0.4, 0.5) is 4.39 Å². The number of hydrogen-bond donors (Lipinski definition) is 0. The zero-order valence-corrected chi connectivity index (χ0v) is 16.0. The number of hydrogen-bond acceptors (Lipinski definition) is 5. The van der Waals surface area contributed by atoms with Gasteiger partial charge in [0.1, 0.15) is 29.9 Å². The van der Waals surface area contributed by atoms with Crippen molar-refractivity contribution in [3.63, 3.8) is 0 Å². The predicted octanol–water partition coefficient (Wildman–Crippen LogP) is 4.94. The molecule has 2 aromatic carbocycles. The van der Waals surface area contributed by atoms with Crippen LogP contribution in [-0.4, -0.2) is 36.5 Å². The molecule has 2 saturated heterocycles. The van der Waals surface area contributed by atoms with Crippen molar-refractivity contribution in [2.24, 2.45) is 5.11 Å². The normalized spacial score (nSPS) is 32.2. The summed E-state index contributed by atoms with van der Waals surface area (Å²) in [5.74, 6) is 0. The number of alkyl halides is 1. The minimum Gasteiger partial charge on any atom is -0.358 e. The van der Waals surface area contributed by atoms with Gasteiger partial charge in [-0.25, -0.2) is 4.39 Å². The maximum Gasteiger partial charge on any atom is 0.184 e. The Hall–Kier alpha value is -2.09. The summed E-state index contributed by atoms with van der Waals surface area (Å²) in [6.07, 6.45) is -3.59. The summed E-state index contributed by atoms with van der Waals surface area (Å²) in [7, 11) is 0. The van der Waals surface area contributed by atoms with Gasteiger partial charge < -0.3 is 14.2 Å². The Morgan fingerprint density at radius 3 is 2.57 bits per heavy atom. The number of fused-ring (bicyclic) bond motifs is 1. The van der Waals surface area contributed by atoms with Crippen LogP contribution < -0.4 is 0 Å². The number of nitrogens with zero attached hydrogens (tertiary/aromatic N) is 3. The number of benzene rings is 2. The van der Waals surface area contributed by atoms with Crippen LogP contribution in [0.2, 0.25) is 0 Å². The molecule has 28 heavy (non-hydrogen) atoms. The van der Waals surface area contributed by atoms with E-state index in [0.717, 1.165) is 16.0 Å². The largest absolute Gasteiger partial charge is 0.358 e. The van der Waals surface area contributed by atoms with Crippen molar-refractivity contribution in [2.75, 3.05) is 6.61 Å². The van der Waals surface area contributed by atoms with Gasteiger partial charge >= 0.3 is 0 Å². The number of aryl methyl sites for hydroxylation is 1. The van der Waals surface area contributed by atoms with Crippen LogP contribution >= 0.6 is 11.8 Å². The molecule has 2 aliphatic heterocycles. The quantitative estimate of drug-likeness (QED) is 0.413. The molecule has 146 valence electrons. The van der Waals surface area contributed by atoms with Crippen LogP contribution in [0.5, 0.6) is 0 Å². The standard InChI is InChI=1S/C20H20FN3O3S/c1-12-7-9-14(10-8-12)28-20-17(23-24-22)16(21)18-15(26-20)11-25-19(27-18)13-5-3-2-4-6-13/h2-10,15-20H,11H2,1H3/t15-,16-,17?,18-,19?,20+/m1/s1. The minimum atomic E-state index is -1.49. The van der Waals surface area contributed by atoms with Crippen LogP contribution in [0, 0.1) is 6.92 Å². The molecule has 0 aromatic heterocycles. The number of halogens is 1. The van der Waals surface area contributed by atoms with E-state index in [1.54, 1.807) is 0 Å². The molecule has 6 atom stereocenters. The second-order valence-corrected chi connectivity index (χ2v) is 7.96. The lowest BCUT2D eigenvalue weighted by Gasteiger charge is -2.45. The Morgan fingerprint density at radius 2 is 1.86 bits per heavy atom. The highest BCUT2D eigenvalue weighted by Gasteiger charge is 2.50. The van der Waals surface area contributed by atoms with Gasteiger partial charge in [0.2, 0.25) is 0 Å². The van der Waals surface area contributed by atoms with E-state index in [1.165, 1.54) is 11.8 Å². The smallest absolute Gasteiger partial charge is 0.184 e. The fourth-order valence-corrected chi connectivity index (χ4v) is 4.46. The first kappa shape index (κ1) is 19.2. The van der Waals surface area contributed by atoms with Crippen molar-refractivity contribution >= 4 is 11.8 Å². The average Bonchev–Trinajstić information content (AvgIpc) is 2.73. The third kappa shape index (κ3) is 4.01. The highest BCUT2D eigenvalue weighted by Crippen LogP contribution is 2.41. The molecule has 2 heterocycles. The van der Waals surface area contributed by atoms with Crippen LogP contribution in [0.3, 0.4) is 0 Å². The Balaban J connectivity index is 1.52. The number of thioether (sulfide) groups is 1. The highest BCUT2D eigenvalue weighted by molar-refractivity contribution is 7.99. The zero-order chi connectivity index (χ0) is 19.5. The fraction of sp³-hybridized carbons (Fsp3) is 0.400. The van der Waals surface area contributed by atoms with E-state index in [4.69, 9.17) is 19.7 Å². The third-order valence-corrected chi connectivity index (χ3v) is 5.98. The number of rotatable bonds is 4. The average molecular weight is 401 g/mol. The van der Waals surface area contributed by atoms with Gasteiger partial charge in [-0.3, -0.25) is 0 Å². The van der Waals surface area contributed by atoms with Crippen molar-refractivity contribution in [1.29, 1.82) is 0 Å². The molecule has 0 saturated carbocycles. The van der Waals surface area contributed by atoms with Gasteiger partial charge in [0, 0.05) is 15.4 Å². The lowest BCUT2D eigenvalue weighted by atomic mass is 9.98. The molecule has 0 aliphatic carbocycles. The van der Waals surface area contributed by atoms with Crippen molar-refractivity contribution in [3.8, 4) is 0 Å². The molecule has 0 spiro atoms. The summed E-state index contributed by atoms with van der Waals surface area (Å²) >= 11 is 1.34.